The van der Waals surface area contributed by atoms with Crippen molar-refractivity contribution in [2.24, 2.45) is 0 Å². The number of halogens is 1. The fourth-order valence-electron chi connectivity index (χ4n) is 3.23. The van der Waals surface area contributed by atoms with E-state index in [0.29, 0.717) is 19.4 Å². The summed E-state index contributed by atoms with van der Waals surface area (Å²) in [5.41, 5.74) is 2.43. The maximum atomic E-state index is 12.9. The van der Waals surface area contributed by atoms with Gasteiger partial charge in [-0.1, -0.05) is 48.9 Å². The summed E-state index contributed by atoms with van der Waals surface area (Å²) in [6.45, 7) is 0.708. The van der Waals surface area contributed by atoms with Crippen molar-refractivity contribution in [1.29, 1.82) is 0 Å². The second kappa shape index (κ2) is 6.95. The van der Waals surface area contributed by atoms with E-state index in [2.05, 4.69) is 29.6 Å². The highest BCUT2D eigenvalue weighted by molar-refractivity contribution is 5.76. The van der Waals surface area contributed by atoms with Crippen molar-refractivity contribution >= 4 is 5.91 Å². The molecule has 1 N–H and O–H groups in total. The second-order valence-electron chi connectivity index (χ2n) is 6.40. The summed E-state index contributed by atoms with van der Waals surface area (Å²) in [5.74, 6) is -0.176. The first-order valence-electron chi connectivity index (χ1n) is 8.25. The number of carbonyl (C=O) groups is 1. The van der Waals surface area contributed by atoms with Gasteiger partial charge in [-0.3, -0.25) is 4.79 Å². The molecule has 1 aliphatic carbocycles. The molecule has 3 rings (SSSR count). The highest BCUT2D eigenvalue weighted by Gasteiger charge is 2.38. The van der Waals surface area contributed by atoms with Crippen LogP contribution in [0.4, 0.5) is 4.39 Å². The second-order valence-corrected chi connectivity index (χ2v) is 6.40. The van der Waals surface area contributed by atoms with Crippen LogP contribution in [-0.4, -0.2) is 12.5 Å². The highest BCUT2D eigenvalue weighted by atomic mass is 19.1. The highest BCUT2D eigenvalue weighted by Crippen LogP contribution is 2.43. The van der Waals surface area contributed by atoms with Crippen LogP contribution in [0, 0.1) is 5.82 Å². The Hall–Kier alpha value is -2.16. The Bertz CT molecular complexity index is 647. The molecule has 1 aliphatic rings. The third kappa shape index (κ3) is 3.79. The van der Waals surface area contributed by atoms with Crippen LogP contribution in [0.3, 0.4) is 0 Å². The van der Waals surface area contributed by atoms with Gasteiger partial charge in [0.25, 0.3) is 0 Å². The monoisotopic (exact) mass is 311 g/mol. The van der Waals surface area contributed by atoms with Crippen molar-refractivity contribution in [3.05, 3.63) is 71.5 Å². The lowest BCUT2D eigenvalue weighted by Crippen LogP contribution is -2.45. The van der Waals surface area contributed by atoms with E-state index in [1.807, 2.05) is 6.07 Å². The third-order valence-electron chi connectivity index (χ3n) is 4.87. The van der Waals surface area contributed by atoms with E-state index in [1.165, 1.54) is 24.1 Å². The van der Waals surface area contributed by atoms with Gasteiger partial charge < -0.3 is 5.32 Å². The molecular formula is C20H22FNO. The Morgan fingerprint density at radius 2 is 1.74 bits per heavy atom. The van der Waals surface area contributed by atoms with Crippen LogP contribution in [-0.2, 0) is 16.6 Å². The van der Waals surface area contributed by atoms with E-state index in [-0.39, 0.29) is 17.1 Å². The van der Waals surface area contributed by atoms with Crippen LogP contribution in [0.15, 0.2) is 54.6 Å². The molecule has 0 radical (unpaired) electrons. The van der Waals surface area contributed by atoms with E-state index in [4.69, 9.17) is 0 Å². The minimum Gasteiger partial charge on any atom is -0.355 e. The van der Waals surface area contributed by atoms with E-state index in [1.54, 1.807) is 12.1 Å². The molecule has 120 valence electrons. The first kappa shape index (κ1) is 15.7. The molecule has 0 unspecified atom stereocenters. The summed E-state index contributed by atoms with van der Waals surface area (Å²) >= 11 is 0. The summed E-state index contributed by atoms with van der Waals surface area (Å²) in [4.78, 5) is 12.1. The molecule has 2 nitrogen and oxygen atoms in total. The van der Waals surface area contributed by atoms with Crippen molar-refractivity contribution in [3.8, 4) is 0 Å². The molecule has 0 atom stereocenters. The molecule has 2 aromatic rings. The average Bonchev–Trinajstić information content (AvgIpc) is 2.54. The molecule has 0 aliphatic heterocycles. The van der Waals surface area contributed by atoms with Gasteiger partial charge in [0.05, 0.1) is 0 Å². The maximum Gasteiger partial charge on any atom is 0.220 e. The Morgan fingerprint density at radius 3 is 2.35 bits per heavy atom. The number of hydrogen-bond donors (Lipinski definition) is 1. The minimum absolute atomic E-state index is 0.0662. The van der Waals surface area contributed by atoms with Gasteiger partial charge in [-0.15, -0.1) is 0 Å². The summed E-state index contributed by atoms with van der Waals surface area (Å²) in [7, 11) is 0. The molecule has 23 heavy (non-hydrogen) atoms. The van der Waals surface area contributed by atoms with E-state index in [0.717, 1.165) is 18.4 Å². The summed E-state index contributed by atoms with van der Waals surface area (Å²) < 4.78 is 12.9. The molecule has 0 saturated heterocycles. The topological polar surface area (TPSA) is 29.1 Å². The Kier molecular flexibility index (Phi) is 4.75. The average molecular weight is 311 g/mol. The zero-order valence-electron chi connectivity index (χ0n) is 13.2. The zero-order chi connectivity index (χ0) is 16.1. The van der Waals surface area contributed by atoms with Crippen LogP contribution in [0.25, 0.3) is 0 Å². The van der Waals surface area contributed by atoms with Crippen LogP contribution in [0.5, 0.6) is 0 Å². The summed E-state index contributed by atoms with van der Waals surface area (Å²) in [6, 6.07) is 16.8. The van der Waals surface area contributed by atoms with Gasteiger partial charge >= 0.3 is 0 Å². The first-order valence-corrected chi connectivity index (χ1v) is 8.25. The lowest BCUT2D eigenvalue weighted by atomic mass is 9.64. The van der Waals surface area contributed by atoms with E-state index in [9.17, 15) is 9.18 Å². The van der Waals surface area contributed by atoms with Crippen molar-refractivity contribution in [2.75, 3.05) is 6.54 Å². The number of carbonyl (C=O) groups excluding carboxylic acids is 1. The summed E-state index contributed by atoms with van der Waals surface area (Å²) in [5, 5.41) is 3.09. The van der Waals surface area contributed by atoms with Crippen molar-refractivity contribution in [3.63, 3.8) is 0 Å². The Morgan fingerprint density at radius 1 is 1.04 bits per heavy atom. The van der Waals surface area contributed by atoms with Gasteiger partial charge in [0.15, 0.2) is 0 Å². The minimum atomic E-state index is -0.243. The molecule has 0 aromatic heterocycles. The molecular weight excluding hydrogens is 289 g/mol. The van der Waals surface area contributed by atoms with Gasteiger partial charge in [0, 0.05) is 18.4 Å². The molecule has 2 aromatic carbocycles. The molecule has 1 fully saturated rings. The lowest BCUT2D eigenvalue weighted by molar-refractivity contribution is -0.121. The molecule has 0 bridgehead atoms. The van der Waals surface area contributed by atoms with Crippen LogP contribution >= 0.6 is 0 Å². The molecule has 3 heteroatoms. The Balaban J connectivity index is 1.51. The summed E-state index contributed by atoms with van der Waals surface area (Å²) in [6.07, 6.45) is 4.58. The number of benzene rings is 2. The standard InChI is InChI=1S/C20H22FNO/c21-18-10-7-16(8-11-18)9-12-19(23)22-15-20(13-4-14-20)17-5-2-1-3-6-17/h1-3,5-8,10-11H,4,9,12-15H2,(H,22,23). The Labute approximate surface area is 136 Å². The van der Waals surface area contributed by atoms with E-state index < -0.39 is 0 Å². The number of hydrogen-bond acceptors (Lipinski definition) is 1. The van der Waals surface area contributed by atoms with Gasteiger partial charge in [-0.2, -0.15) is 0 Å². The van der Waals surface area contributed by atoms with Crippen LogP contribution < -0.4 is 5.32 Å². The van der Waals surface area contributed by atoms with Gasteiger partial charge in [0.2, 0.25) is 5.91 Å². The number of nitrogens with one attached hydrogen (secondary N) is 1. The van der Waals surface area contributed by atoms with Crippen molar-refractivity contribution in [2.45, 2.75) is 37.5 Å². The zero-order valence-corrected chi connectivity index (χ0v) is 13.2. The molecule has 1 saturated carbocycles. The normalized spacial score (nSPS) is 15.7. The lowest BCUT2D eigenvalue weighted by Gasteiger charge is -2.42. The van der Waals surface area contributed by atoms with Gasteiger partial charge in [0.1, 0.15) is 5.82 Å². The molecule has 1 amide bonds. The molecule has 0 heterocycles. The maximum absolute atomic E-state index is 12.9. The fourth-order valence-corrected chi connectivity index (χ4v) is 3.23. The largest absolute Gasteiger partial charge is 0.355 e. The predicted octanol–water partition coefficient (Wildman–Crippen LogP) is 4.00. The van der Waals surface area contributed by atoms with Gasteiger partial charge in [-0.25, -0.2) is 4.39 Å². The van der Waals surface area contributed by atoms with Crippen LogP contribution in [0.1, 0.15) is 36.8 Å². The smallest absolute Gasteiger partial charge is 0.220 e. The van der Waals surface area contributed by atoms with Crippen molar-refractivity contribution < 1.29 is 9.18 Å². The first-order chi connectivity index (χ1) is 11.2. The number of amides is 1. The van der Waals surface area contributed by atoms with Crippen LogP contribution in [0.2, 0.25) is 0 Å². The van der Waals surface area contributed by atoms with Crippen molar-refractivity contribution in [1.82, 2.24) is 5.32 Å². The van der Waals surface area contributed by atoms with Gasteiger partial charge in [-0.05, 0) is 42.5 Å². The SMILES string of the molecule is O=C(CCc1ccc(F)cc1)NCC1(c2ccccc2)CCC1. The fraction of sp³-hybridized carbons (Fsp3) is 0.350. The quantitative estimate of drug-likeness (QED) is 0.858. The number of aryl methyl sites for hydroxylation is 1. The predicted molar refractivity (Wildman–Crippen MR) is 89.7 cm³/mol. The van der Waals surface area contributed by atoms with E-state index >= 15 is 0 Å². The third-order valence-corrected chi connectivity index (χ3v) is 4.87. The number of rotatable bonds is 6. The molecule has 0 spiro atoms.